The fourth-order valence-electron chi connectivity index (χ4n) is 3.76. The predicted molar refractivity (Wildman–Crippen MR) is 139 cm³/mol. The molecule has 1 unspecified atom stereocenters. The van der Waals surface area contributed by atoms with E-state index in [1.165, 1.54) is 6.20 Å². The molecule has 1 atom stereocenters. The number of aromatic nitrogens is 4. The summed E-state index contributed by atoms with van der Waals surface area (Å²) in [5.41, 5.74) is 9.41. The standard InChI is InChI=1S/C25H29N7O3S/c1-16(15-32(3)4)36(33,34)20-11-9-18(10-12-20)21-14-28-23(26)22(29-21)25-31-30-24(35-25)19-7-5-17(6-8-19)13-27-2/h5-12,14,16,27H,13,15H2,1-4H3,(H2,26,28). The Morgan fingerprint density at radius 1 is 1.00 bits per heavy atom. The first-order valence-electron chi connectivity index (χ1n) is 11.4. The molecule has 10 nitrogen and oxygen atoms in total. The second-order valence-corrected chi connectivity index (χ2v) is 11.1. The maximum Gasteiger partial charge on any atom is 0.270 e. The summed E-state index contributed by atoms with van der Waals surface area (Å²) < 4.78 is 31.6. The van der Waals surface area contributed by atoms with Gasteiger partial charge in [-0.05, 0) is 57.9 Å². The summed E-state index contributed by atoms with van der Waals surface area (Å²) in [4.78, 5) is 10.9. The molecule has 0 saturated heterocycles. The van der Waals surface area contributed by atoms with Crippen LogP contribution in [-0.4, -0.2) is 66.4 Å². The van der Waals surface area contributed by atoms with E-state index in [-0.39, 0.29) is 22.3 Å². The largest absolute Gasteiger partial charge is 0.414 e. The third kappa shape index (κ3) is 5.43. The van der Waals surface area contributed by atoms with Gasteiger partial charge in [0.1, 0.15) is 0 Å². The topological polar surface area (TPSA) is 140 Å². The minimum Gasteiger partial charge on any atom is -0.414 e. The van der Waals surface area contributed by atoms with Crippen LogP contribution in [0, 0.1) is 0 Å². The average molecular weight is 508 g/mol. The fourth-order valence-corrected chi connectivity index (χ4v) is 5.23. The van der Waals surface area contributed by atoms with Crippen molar-refractivity contribution < 1.29 is 12.8 Å². The van der Waals surface area contributed by atoms with Crippen LogP contribution in [-0.2, 0) is 16.4 Å². The lowest BCUT2D eigenvalue weighted by atomic mass is 10.1. The number of anilines is 1. The third-order valence-corrected chi connectivity index (χ3v) is 7.78. The number of hydrogen-bond donors (Lipinski definition) is 2. The molecule has 0 aliphatic rings. The average Bonchev–Trinajstić information content (AvgIpc) is 3.35. The SMILES string of the molecule is CNCc1ccc(-c2nnc(-c3nc(-c4ccc(S(=O)(=O)C(C)CN(C)C)cc4)cnc3N)o2)cc1. The Balaban J connectivity index is 1.59. The van der Waals surface area contributed by atoms with Gasteiger partial charge in [-0.1, -0.05) is 24.3 Å². The van der Waals surface area contributed by atoms with Crippen LogP contribution in [0.15, 0.2) is 64.0 Å². The highest BCUT2D eigenvalue weighted by molar-refractivity contribution is 7.92. The van der Waals surface area contributed by atoms with E-state index in [0.717, 1.165) is 17.7 Å². The van der Waals surface area contributed by atoms with E-state index in [2.05, 4.69) is 25.5 Å². The first-order chi connectivity index (χ1) is 17.2. The van der Waals surface area contributed by atoms with Crippen LogP contribution in [0.4, 0.5) is 5.82 Å². The summed E-state index contributed by atoms with van der Waals surface area (Å²) in [6, 6.07) is 14.3. The molecule has 2 aromatic heterocycles. The lowest BCUT2D eigenvalue weighted by Crippen LogP contribution is -2.30. The zero-order chi connectivity index (χ0) is 25.9. The number of benzene rings is 2. The molecular formula is C25H29N7O3S. The van der Waals surface area contributed by atoms with Gasteiger partial charge in [-0.3, -0.25) is 0 Å². The molecule has 0 amide bonds. The van der Waals surface area contributed by atoms with Crippen molar-refractivity contribution in [3.63, 3.8) is 0 Å². The Labute approximate surface area is 210 Å². The Hall–Kier alpha value is -3.67. The molecule has 0 spiro atoms. The van der Waals surface area contributed by atoms with Crippen molar-refractivity contribution in [2.75, 3.05) is 33.4 Å². The Kier molecular flexibility index (Phi) is 7.43. The van der Waals surface area contributed by atoms with Crippen LogP contribution >= 0.6 is 0 Å². The van der Waals surface area contributed by atoms with Crippen molar-refractivity contribution in [3.05, 3.63) is 60.3 Å². The molecule has 3 N–H and O–H groups in total. The minimum absolute atomic E-state index is 0.146. The third-order valence-electron chi connectivity index (χ3n) is 5.64. The number of rotatable bonds is 9. The molecule has 36 heavy (non-hydrogen) atoms. The van der Waals surface area contributed by atoms with E-state index in [4.69, 9.17) is 10.2 Å². The van der Waals surface area contributed by atoms with E-state index in [1.807, 2.05) is 50.3 Å². The summed E-state index contributed by atoms with van der Waals surface area (Å²) in [5, 5.41) is 10.8. The zero-order valence-corrected chi connectivity index (χ0v) is 21.5. The van der Waals surface area contributed by atoms with Crippen molar-refractivity contribution in [2.24, 2.45) is 0 Å². The van der Waals surface area contributed by atoms with Gasteiger partial charge in [0.25, 0.3) is 5.89 Å². The van der Waals surface area contributed by atoms with Crippen LogP contribution < -0.4 is 11.1 Å². The number of nitrogens with zero attached hydrogens (tertiary/aromatic N) is 5. The van der Waals surface area contributed by atoms with Gasteiger partial charge in [0.05, 0.1) is 22.0 Å². The van der Waals surface area contributed by atoms with E-state index in [0.29, 0.717) is 23.7 Å². The maximum atomic E-state index is 12.9. The molecule has 188 valence electrons. The van der Waals surface area contributed by atoms with Gasteiger partial charge in [0, 0.05) is 24.2 Å². The fraction of sp³-hybridized carbons (Fsp3) is 0.280. The van der Waals surface area contributed by atoms with Gasteiger partial charge in [-0.2, -0.15) is 0 Å². The number of sulfone groups is 1. The van der Waals surface area contributed by atoms with Crippen LogP contribution in [0.2, 0.25) is 0 Å². The van der Waals surface area contributed by atoms with Crippen LogP contribution in [0.25, 0.3) is 34.3 Å². The van der Waals surface area contributed by atoms with Crippen molar-refractivity contribution in [2.45, 2.75) is 23.6 Å². The monoisotopic (exact) mass is 507 g/mol. The second-order valence-electron chi connectivity index (χ2n) is 8.77. The lowest BCUT2D eigenvalue weighted by molar-refractivity contribution is 0.405. The van der Waals surface area contributed by atoms with Gasteiger partial charge >= 0.3 is 0 Å². The predicted octanol–water partition coefficient (Wildman–Crippen LogP) is 2.89. The molecule has 0 radical (unpaired) electrons. The zero-order valence-electron chi connectivity index (χ0n) is 20.6. The second kappa shape index (κ2) is 10.5. The Morgan fingerprint density at radius 2 is 1.64 bits per heavy atom. The quantitative estimate of drug-likeness (QED) is 0.347. The number of nitrogens with one attached hydrogen (secondary N) is 1. The molecule has 0 aliphatic carbocycles. The first-order valence-corrected chi connectivity index (χ1v) is 12.9. The maximum absolute atomic E-state index is 12.9. The highest BCUT2D eigenvalue weighted by Gasteiger charge is 2.24. The van der Waals surface area contributed by atoms with Gasteiger partial charge in [0.2, 0.25) is 5.89 Å². The highest BCUT2D eigenvalue weighted by Crippen LogP contribution is 2.29. The van der Waals surface area contributed by atoms with Gasteiger partial charge in [-0.25, -0.2) is 18.4 Å². The summed E-state index contributed by atoms with van der Waals surface area (Å²) >= 11 is 0. The molecule has 4 aromatic rings. The lowest BCUT2D eigenvalue weighted by Gasteiger charge is -2.17. The van der Waals surface area contributed by atoms with Crippen LogP contribution in [0.3, 0.4) is 0 Å². The van der Waals surface area contributed by atoms with Crippen molar-refractivity contribution >= 4 is 15.7 Å². The van der Waals surface area contributed by atoms with Crippen molar-refractivity contribution in [3.8, 4) is 34.3 Å². The molecule has 4 rings (SSSR count). The normalized spacial score (nSPS) is 12.7. The summed E-state index contributed by atoms with van der Waals surface area (Å²) in [6.07, 6.45) is 1.52. The molecule has 0 bridgehead atoms. The van der Waals surface area contributed by atoms with E-state index < -0.39 is 15.1 Å². The highest BCUT2D eigenvalue weighted by atomic mass is 32.2. The summed E-state index contributed by atoms with van der Waals surface area (Å²) in [7, 11) is 2.13. The number of hydrogen-bond acceptors (Lipinski definition) is 10. The Bertz CT molecular complexity index is 1430. The first kappa shape index (κ1) is 25.4. The van der Waals surface area contributed by atoms with E-state index >= 15 is 0 Å². The van der Waals surface area contributed by atoms with Gasteiger partial charge in [0.15, 0.2) is 21.3 Å². The smallest absolute Gasteiger partial charge is 0.270 e. The molecule has 0 saturated carbocycles. The molecule has 0 fully saturated rings. The van der Waals surface area contributed by atoms with Crippen molar-refractivity contribution in [1.29, 1.82) is 0 Å². The molecule has 2 heterocycles. The van der Waals surface area contributed by atoms with E-state index in [9.17, 15) is 8.42 Å². The summed E-state index contributed by atoms with van der Waals surface area (Å²) in [6.45, 7) is 2.90. The Morgan fingerprint density at radius 3 is 2.28 bits per heavy atom. The molecule has 11 heteroatoms. The van der Waals surface area contributed by atoms with Gasteiger partial charge < -0.3 is 20.4 Å². The minimum atomic E-state index is -3.46. The van der Waals surface area contributed by atoms with E-state index in [1.54, 1.807) is 31.2 Å². The molecule has 0 aliphatic heterocycles. The number of nitrogen functional groups attached to an aromatic ring is 1. The van der Waals surface area contributed by atoms with Crippen LogP contribution in [0.5, 0.6) is 0 Å². The summed E-state index contributed by atoms with van der Waals surface area (Å²) in [5.74, 6) is 0.636. The van der Waals surface area contributed by atoms with Crippen LogP contribution in [0.1, 0.15) is 12.5 Å². The van der Waals surface area contributed by atoms with Crippen molar-refractivity contribution in [1.82, 2.24) is 30.4 Å². The molecular weight excluding hydrogens is 478 g/mol. The van der Waals surface area contributed by atoms with Gasteiger partial charge in [-0.15, -0.1) is 10.2 Å². The molecule has 2 aromatic carbocycles. The number of nitrogens with two attached hydrogens (primary N) is 1.